The quantitative estimate of drug-likeness (QED) is 0.580. The van der Waals surface area contributed by atoms with Gasteiger partial charge in [-0.1, -0.05) is 55.3 Å². The van der Waals surface area contributed by atoms with Crippen LogP contribution in [0.1, 0.15) is 50.7 Å². The van der Waals surface area contributed by atoms with Gasteiger partial charge in [0.2, 0.25) is 0 Å². The number of aryl methyl sites for hydroxylation is 1. The lowest BCUT2D eigenvalue weighted by atomic mass is 9.86. The summed E-state index contributed by atoms with van der Waals surface area (Å²) >= 11 is 6.16. The van der Waals surface area contributed by atoms with Crippen LogP contribution >= 0.6 is 11.6 Å². The summed E-state index contributed by atoms with van der Waals surface area (Å²) in [5.41, 5.74) is 2.71. The maximum atomic E-state index is 14.4. The van der Waals surface area contributed by atoms with Gasteiger partial charge >= 0.3 is 0 Å². The van der Waals surface area contributed by atoms with Gasteiger partial charge in [0.05, 0.1) is 5.02 Å². The van der Waals surface area contributed by atoms with E-state index in [-0.39, 0.29) is 5.82 Å². The van der Waals surface area contributed by atoms with Crippen molar-refractivity contribution in [3.8, 4) is 0 Å². The van der Waals surface area contributed by atoms with Crippen LogP contribution in [-0.2, 0) is 6.42 Å². The molecule has 1 aromatic rings. The lowest BCUT2D eigenvalue weighted by Crippen LogP contribution is -2.04. The molecule has 0 spiro atoms. The zero-order valence-corrected chi connectivity index (χ0v) is 13.0. The molecular formula is C18H22ClF. The average Bonchev–Trinajstić information content (AvgIpc) is 2.46. The van der Waals surface area contributed by atoms with E-state index in [9.17, 15) is 4.39 Å². The SMILES string of the molecule is C/C=C/C1CC=C(c2ccc(CCC)c(Cl)c2F)CC1. The second-order valence-corrected chi connectivity index (χ2v) is 5.82. The van der Waals surface area contributed by atoms with E-state index in [2.05, 4.69) is 25.2 Å². The van der Waals surface area contributed by atoms with Crippen LogP contribution in [0.5, 0.6) is 0 Å². The van der Waals surface area contributed by atoms with E-state index in [1.165, 1.54) is 0 Å². The Morgan fingerprint density at radius 2 is 2.20 bits per heavy atom. The third-order valence-electron chi connectivity index (χ3n) is 3.94. The standard InChI is InChI=1S/C18H22ClF/c1-3-5-13-7-9-14(10-8-13)16-12-11-15(6-4-2)17(19)18(16)20/h3,5,9,11-13H,4,6-8,10H2,1-2H3/b5-3+. The second-order valence-electron chi connectivity index (χ2n) is 5.44. The maximum Gasteiger partial charge on any atom is 0.149 e. The van der Waals surface area contributed by atoms with Crippen LogP contribution in [0.25, 0.3) is 5.57 Å². The zero-order valence-electron chi connectivity index (χ0n) is 12.3. The molecule has 2 heteroatoms. The molecule has 20 heavy (non-hydrogen) atoms. The molecule has 1 atom stereocenters. The summed E-state index contributed by atoms with van der Waals surface area (Å²) in [6.07, 6.45) is 11.3. The molecule has 0 fully saturated rings. The van der Waals surface area contributed by atoms with Crippen LogP contribution in [0.15, 0.2) is 30.4 Å². The fourth-order valence-corrected chi connectivity index (χ4v) is 3.11. The molecule has 1 unspecified atom stereocenters. The van der Waals surface area contributed by atoms with Crippen molar-refractivity contribution < 1.29 is 4.39 Å². The van der Waals surface area contributed by atoms with E-state index in [1.807, 2.05) is 19.1 Å². The van der Waals surface area contributed by atoms with Gasteiger partial charge in [0.15, 0.2) is 0 Å². The number of hydrogen-bond acceptors (Lipinski definition) is 0. The van der Waals surface area contributed by atoms with Crippen molar-refractivity contribution in [2.24, 2.45) is 5.92 Å². The summed E-state index contributed by atoms with van der Waals surface area (Å²) < 4.78 is 14.4. The first-order chi connectivity index (χ1) is 9.67. The molecule has 0 aliphatic heterocycles. The fourth-order valence-electron chi connectivity index (χ4n) is 2.85. The van der Waals surface area contributed by atoms with Crippen molar-refractivity contribution in [1.29, 1.82) is 0 Å². The maximum absolute atomic E-state index is 14.4. The van der Waals surface area contributed by atoms with E-state index in [4.69, 9.17) is 11.6 Å². The molecule has 0 amide bonds. The first-order valence-electron chi connectivity index (χ1n) is 7.46. The summed E-state index contributed by atoms with van der Waals surface area (Å²) in [4.78, 5) is 0. The van der Waals surface area contributed by atoms with E-state index in [1.54, 1.807) is 0 Å². The molecule has 0 bridgehead atoms. The Morgan fingerprint density at radius 1 is 1.40 bits per heavy atom. The van der Waals surface area contributed by atoms with Crippen molar-refractivity contribution in [2.45, 2.75) is 46.0 Å². The smallest absolute Gasteiger partial charge is 0.149 e. The second kappa shape index (κ2) is 7.08. The van der Waals surface area contributed by atoms with Gasteiger partial charge in [-0.15, -0.1) is 0 Å². The molecule has 0 heterocycles. The van der Waals surface area contributed by atoms with Crippen molar-refractivity contribution in [3.05, 3.63) is 52.3 Å². The summed E-state index contributed by atoms with van der Waals surface area (Å²) in [7, 11) is 0. The lowest BCUT2D eigenvalue weighted by Gasteiger charge is -2.20. The number of halogens is 2. The lowest BCUT2D eigenvalue weighted by molar-refractivity contribution is 0.583. The third kappa shape index (κ3) is 3.32. The molecule has 0 aromatic heterocycles. The molecule has 1 aliphatic rings. The van der Waals surface area contributed by atoms with Gasteiger partial charge in [0.1, 0.15) is 5.82 Å². The predicted octanol–water partition coefficient (Wildman–Crippen LogP) is 6.19. The Hall–Kier alpha value is -1.08. The van der Waals surface area contributed by atoms with E-state index < -0.39 is 0 Å². The summed E-state index contributed by atoms with van der Waals surface area (Å²) in [6, 6.07) is 3.87. The topological polar surface area (TPSA) is 0 Å². The van der Waals surface area contributed by atoms with Gasteiger partial charge in [0.25, 0.3) is 0 Å². The van der Waals surface area contributed by atoms with E-state index in [0.29, 0.717) is 16.5 Å². The molecule has 0 radical (unpaired) electrons. The van der Waals surface area contributed by atoms with E-state index >= 15 is 0 Å². The Bertz CT molecular complexity index is 528. The Kier molecular flexibility index (Phi) is 5.42. The van der Waals surface area contributed by atoms with Crippen molar-refractivity contribution in [2.75, 3.05) is 0 Å². The number of rotatable bonds is 4. The van der Waals surface area contributed by atoms with Gasteiger partial charge in [-0.25, -0.2) is 4.39 Å². The Labute approximate surface area is 126 Å². The monoisotopic (exact) mass is 292 g/mol. The van der Waals surface area contributed by atoms with Crippen molar-refractivity contribution in [1.82, 2.24) is 0 Å². The summed E-state index contributed by atoms with van der Waals surface area (Å²) in [5, 5.41) is 0.306. The van der Waals surface area contributed by atoms with Crippen LogP contribution in [0, 0.1) is 11.7 Å². The molecule has 0 saturated carbocycles. The van der Waals surface area contributed by atoms with Gasteiger partial charge in [-0.3, -0.25) is 0 Å². The van der Waals surface area contributed by atoms with Crippen LogP contribution in [-0.4, -0.2) is 0 Å². The summed E-state index contributed by atoms with van der Waals surface area (Å²) in [5.74, 6) is 0.356. The first kappa shape index (κ1) is 15.3. The minimum atomic E-state index is -0.242. The highest BCUT2D eigenvalue weighted by Gasteiger charge is 2.18. The van der Waals surface area contributed by atoms with Crippen LogP contribution in [0.2, 0.25) is 5.02 Å². The highest BCUT2D eigenvalue weighted by molar-refractivity contribution is 6.31. The molecule has 1 aliphatic carbocycles. The minimum Gasteiger partial charge on any atom is -0.205 e. The fraction of sp³-hybridized carbons (Fsp3) is 0.444. The molecule has 1 aromatic carbocycles. The molecule has 0 nitrogen and oxygen atoms in total. The van der Waals surface area contributed by atoms with Crippen LogP contribution in [0.3, 0.4) is 0 Å². The van der Waals surface area contributed by atoms with Crippen LogP contribution in [0.4, 0.5) is 4.39 Å². The molecular weight excluding hydrogens is 271 g/mol. The molecule has 108 valence electrons. The molecule has 2 rings (SSSR count). The third-order valence-corrected chi connectivity index (χ3v) is 4.35. The normalized spacial score (nSPS) is 19.4. The molecule has 0 N–H and O–H groups in total. The highest BCUT2D eigenvalue weighted by Crippen LogP contribution is 2.35. The minimum absolute atomic E-state index is 0.242. The van der Waals surface area contributed by atoms with Crippen molar-refractivity contribution in [3.63, 3.8) is 0 Å². The Morgan fingerprint density at radius 3 is 2.80 bits per heavy atom. The van der Waals surface area contributed by atoms with E-state index in [0.717, 1.165) is 43.2 Å². The number of allylic oxidation sites excluding steroid dienone is 4. The highest BCUT2D eigenvalue weighted by atomic mass is 35.5. The van der Waals surface area contributed by atoms with Crippen LogP contribution < -0.4 is 0 Å². The Balaban J connectivity index is 2.24. The van der Waals surface area contributed by atoms with Crippen molar-refractivity contribution >= 4 is 17.2 Å². The largest absolute Gasteiger partial charge is 0.205 e. The average molecular weight is 293 g/mol. The number of benzene rings is 1. The number of hydrogen-bond donors (Lipinski definition) is 0. The molecule has 0 saturated heterocycles. The zero-order chi connectivity index (χ0) is 14.5. The first-order valence-corrected chi connectivity index (χ1v) is 7.84. The summed E-state index contributed by atoms with van der Waals surface area (Å²) in [6.45, 7) is 4.12. The van der Waals surface area contributed by atoms with Gasteiger partial charge in [-0.2, -0.15) is 0 Å². The van der Waals surface area contributed by atoms with Gasteiger partial charge < -0.3 is 0 Å². The van der Waals surface area contributed by atoms with Gasteiger partial charge in [0, 0.05) is 5.56 Å². The predicted molar refractivity (Wildman–Crippen MR) is 85.5 cm³/mol. The van der Waals surface area contributed by atoms with Gasteiger partial charge in [-0.05, 0) is 49.7 Å².